The quantitative estimate of drug-likeness (QED) is 0.686. The van der Waals surface area contributed by atoms with Crippen LogP contribution < -0.4 is 0 Å². The van der Waals surface area contributed by atoms with Crippen LogP contribution in [0.3, 0.4) is 0 Å². The minimum Gasteiger partial charge on any atom is -0.379 e. The summed E-state index contributed by atoms with van der Waals surface area (Å²) in [7, 11) is 0. The summed E-state index contributed by atoms with van der Waals surface area (Å²) < 4.78 is 18.9. The summed E-state index contributed by atoms with van der Waals surface area (Å²) in [6.45, 7) is 4.90. The zero-order valence-electron chi connectivity index (χ0n) is 14.8. The molecule has 3 aromatic rings. The Morgan fingerprint density at radius 2 is 1.88 bits per heavy atom. The van der Waals surface area contributed by atoms with Gasteiger partial charge in [-0.2, -0.15) is 0 Å². The molecule has 4 heteroatoms. The fourth-order valence-corrected chi connectivity index (χ4v) is 3.49. The van der Waals surface area contributed by atoms with E-state index in [9.17, 15) is 4.39 Å². The largest absolute Gasteiger partial charge is 0.379 e. The van der Waals surface area contributed by atoms with E-state index in [4.69, 9.17) is 4.74 Å². The molecule has 26 heavy (non-hydrogen) atoms. The maximum atomic E-state index is 13.5. The smallest absolute Gasteiger partial charge is 0.123 e. The molecule has 0 N–H and O–H groups in total. The van der Waals surface area contributed by atoms with Crippen LogP contribution in [0.2, 0.25) is 0 Å². The molecule has 1 aliphatic rings. The van der Waals surface area contributed by atoms with Crippen LogP contribution in [0.25, 0.3) is 22.0 Å². The van der Waals surface area contributed by atoms with Crippen molar-refractivity contribution in [3.8, 4) is 11.1 Å². The number of rotatable bonds is 5. The van der Waals surface area contributed by atoms with E-state index in [0.717, 1.165) is 67.7 Å². The molecule has 0 spiro atoms. The summed E-state index contributed by atoms with van der Waals surface area (Å²) in [5.74, 6) is -0.223. The van der Waals surface area contributed by atoms with Gasteiger partial charge in [0.1, 0.15) is 5.82 Å². The molecule has 4 rings (SSSR count). The van der Waals surface area contributed by atoms with Crippen molar-refractivity contribution >= 4 is 10.9 Å². The molecule has 0 amide bonds. The Bertz CT molecular complexity index is 890. The molecule has 0 atom stereocenters. The highest BCUT2D eigenvalue weighted by atomic mass is 19.1. The highest BCUT2D eigenvalue weighted by Crippen LogP contribution is 2.24. The first-order valence-electron chi connectivity index (χ1n) is 9.23. The van der Waals surface area contributed by atoms with Crippen molar-refractivity contribution < 1.29 is 9.13 Å². The molecule has 0 saturated carbocycles. The van der Waals surface area contributed by atoms with E-state index >= 15 is 0 Å². The number of fused-ring (bicyclic) bond motifs is 1. The van der Waals surface area contributed by atoms with Crippen molar-refractivity contribution in [2.75, 3.05) is 32.8 Å². The fourth-order valence-electron chi connectivity index (χ4n) is 3.49. The number of nitrogens with zero attached hydrogens (tertiary/aromatic N) is 2. The number of aryl methyl sites for hydroxylation is 1. The van der Waals surface area contributed by atoms with Crippen LogP contribution in [0.15, 0.2) is 54.7 Å². The van der Waals surface area contributed by atoms with Gasteiger partial charge in [0.25, 0.3) is 0 Å². The number of aromatic nitrogens is 1. The van der Waals surface area contributed by atoms with Crippen LogP contribution >= 0.6 is 0 Å². The van der Waals surface area contributed by atoms with Crippen LogP contribution in [0.5, 0.6) is 0 Å². The first-order valence-corrected chi connectivity index (χ1v) is 9.23. The normalized spacial score (nSPS) is 15.4. The lowest BCUT2D eigenvalue weighted by Gasteiger charge is -2.26. The third-order valence-corrected chi connectivity index (χ3v) is 4.95. The molecule has 1 saturated heterocycles. The van der Waals surface area contributed by atoms with E-state index in [1.807, 2.05) is 12.3 Å². The van der Waals surface area contributed by atoms with Crippen LogP contribution in [-0.2, 0) is 11.2 Å². The summed E-state index contributed by atoms with van der Waals surface area (Å²) >= 11 is 0. The minimum atomic E-state index is -0.223. The van der Waals surface area contributed by atoms with Gasteiger partial charge in [0.15, 0.2) is 0 Å². The zero-order valence-corrected chi connectivity index (χ0v) is 14.8. The molecular formula is C22H23FN2O. The Balaban J connectivity index is 1.48. The van der Waals surface area contributed by atoms with Gasteiger partial charge in [0.2, 0.25) is 0 Å². The van der Waals surface area contributed by atoms with E-state index < -0.39 is 0 Å². The van der Waals surface area contributed by atoms with Crippen LogP contribution in [-0.4, -0.2) is 42.7 Å². The van der Waals surface area contributed by atoms with Crippen molar-refractivity contribution in [3.05, 3.63) is 66.1 Å². The van der Waals surface area contributed by atoms with Crippen molar-refractivity contribution in [2.45, 2.75) is 12.8 Å². The van der Waals surface area contributed by atoms with Crippen LogP contribution in [0, 0.1) is 5.82 Å². The van der Waals surface area contributed by atoms with E-state index in [0.29, 0.717) is 0 Å². The molecule has 134 valence electrons. The molecule has 1 aliphatic heterocycles. The summed E-state index contributed by atoms with van der Waals surface area (Å²) in [6, 6.07) is 15.2. The SMILES string of the molecule is Fc1cccc(-c2cnc3ccc(CCCN4CCOCC4)cc3c2)c1. The van der Waals surface area contributed by atoms with E-state index in [1.54, 1.807) is 12.1 Å². The van der Waals surface area contributed by atoms with Gasteiger partial charge in [-0.15, -0.1) is 0 Å². The van der Waals surface area contributed by atoms with Crippen molar-refractivity contribution in [1.82, 2.24) is 9.88 Å². The molecular weight excluding hydrogens is 327 g/mol. The number of pyridine rings is 1. The average Bonchev–Trinajstić information content (AvgIpc) is 2.68. The molecule has 0 bridgehead atoms. The molecule has 1 fully saturated rings. The monoisotopic (exact) mass is 350 g/mol. The van der Waals surface area contributed by atoms with Gasteiger partial charge in [-0.1, -0.05) is 18.2 Å². The second kappa shape index (κ2) is 7.94. The standard InChI is InChI=1S/C22H23FN2O/c23-21-5-1-4-18(15-21)20-14-19-13-17(6-7-22(19)24-16-20)3-2-8-25-9-11-26-12-10-25/h1,4-7,13-16H,2-3,8-12H2. The number of ether oxygens (including phenoxy) is 1. The topological polar surface area (TPSA) is 25.4 Å². The maximum absolute atomic E-state index is 13.5. The first-order chi connectivity index (χ1) is 12.8. The van der Waals surface area contributed by atoms with Crippen LogP contribution in [0.1, 0.15) is 12.0 Å². The highest BCUT2D eigenvalue weighted by Gasteiger charge is 2.09. The molecule has 0 radical (unpaired) electrons. The Kier molecular flexibility index (Phi) is 5.23. The fraction of sp³-hybridized carbons (Fsp3) is 0.318. The van der Waals surface area contributed by atoms with Gasteiger partial charge in [-0.05, 0) is 60.8 Å². The Labute approximate surface area is 153 Å². The lowest BCUT2D eigenvalue weighted by atomic mass is 10.0. The van der Waals surface area contributed by atoms with Crippen molar-refractivity contribution in [2.24, 2.45) is 0 Å². The number of benzene rings is 2. The van der Waals surface area contributed by atoms with Gasteiger partial charge in [0, 0.05) is 30.2 Å². The number of morpholine rings is 1. The minimum absolute atomic E-state index is 0.223. The Hall–Kier alpha value is -2.30. The van der Waals surface area contributed by atoms with Gasteiger partial charge in [-0.25, -0.2) is 4.39 Å². The predicted molar refractivity (Wildman–Crippen MR) is 103 cm³/mol. The van der Waals surface area contributed by atoms with E-state index in [-0.39, 0.29) is 5.82 Å². The van der Waals surface area contributed by atoms with Gasteiger partial charge < -0.3 is 4.74 Å². The van der Waals surface area contributed by atoms with E-state index in [2.05, 4.69) is 34.1 Å². The van der Waals surface area contributed by atoms with E-state index in [1.165, 1.54) is 11.6 Å². The second-order valence-electron chi connectivity index (χ2n) is 6.82. The lowest BCUT2D eigenvalue weighted by molar-refractivity contribution is 0.0375. The summed E-state index contributed by atoms with van der Waals surface area (Å²) in [4.78, 5) is 7.00. The summed E-state index contributed by atoms with van der Waals surface area (Å²) in [5.41, 5.74) is 4.10. The summed E-state index contributed by atoms with van der Waals surface area (Å²) in [6.07, 6.45) is 4.01. The third kappa shape index (κ3) is 4.09. The number of hydrogen-bond acceptors (Lipinski definition) is 3. The average molecular weight is 350 g/mol. The number of hydrogen-bond donors (Lipinski definition) is 0. The van der Waals surface area contributed by atoms with Gasteiger partial charge >= 0.3 is 0 Å². The van der Waals surface area contributed by atoms with Crippen molar-refractivity contribution in [1.29, 1.82) is 0 Å². The molecule has 3 nitrogen and oxygen atoms in total. The third-order valence-electron chi connectivity index (χ3n) is 4.95. The van der Waals surface area contributed by atoms with Gasteiger partial charge in [-0.3, -0.25) is 9.88 Å². The number of halogens is 1. The zero-order chi connectivity index (χ0) is 17.8. The molecule has 0 aliphatic carbocycles. The maximum Gasteiger partial charge on any atom is 0.123 e. The molecule has 2 heterocycles. The first kappa shape index (κ1) is 17.1. The molecule has 1 aromatic heterocycles. The predicted octanol–water partition coefficient (Wildman–Crippen LogP) is 4.31. The highest BCUT2D eigenvalue weighted by molar-refractivity contribution is 5.84. The lowest BCUT2D eigenvalue weighted by Crippen LogP contribution is -2.36. The Morgan fingerprint density at radius 1 is 1.00 bits per heavy atom. The van der Waals surface area contributed by atoms with Crippen molar-refractivity contribution in [3.63, 3.8) is 0 Å². The summed E-state index contributed by atoms with van der Waals surface area (Å²) in [5, 5.41) is 1.11. The molecule has 0 unspecified atom stereocenters. The second-order valence-corrected chi connectivity index (χ2v) is 6.82. The molecule has 2 aromatic carbocycles. The van der Waals surface area contributed by atoms with Crippen LogP contribution in [0.4, 0.5) is 4.39 Å². The van der Waals surface area contributed by atoms with Gasteiger partial charge in [0.05, 0.1) is 18.7 Å². The Morgan fingerprint density at radius 3 is 2.73 bits per heavy atom.